The van der Waals surface area contributed by atoms with Crippen molar-refractivity contribution in [2.45, 2.75) is 161 Å². The highest BCUT2D eigenvalue weighted by Crippen LogP contribution is 2.29. The second kappa shape index (κ2) is 26.0. The molecule has 10 atom stereocenters. The Morgan fingerprint density at radius 2 is 1.09 bits per heavy atom. The molecule has 53 heavy (non-hydrogen) atoms. The number of esters is 2. The van der Waals surface area contributed by atoms with Crippen molar-refractivity contribution in [3.8, 4) is 0 Å². The predicted molar refractivity (Wildman–Crippen MR) is 187 cm³/mol. The van der Waals surface area contributed by atoms with Crippen LogP contribution in [0, 0.1) is 23.7 Å². The second-order valence-electron chi connectivity index (χ2n) is 14.2. The van der Waals surface area contributed by atoms with Crippen LogP contribution in [0.5, 0.6) is 0 Å². The smallest absolute Gasteiger partial charge is 0.307 e. The average molecular weight is 764 g/mol. The molecule has 0 rings (SSSR count). The third-order valence-corrected chi connectivity index (χ3v) is 9.01. The number of carbonyl (C=O) groups is 7. The zero-order chi connectivity index (χ0) is 40.8. The lowest BCUT2D eigenvalue weighted by Crippen LogP contribution is -2.42. The molecule has 0 fully saturated rings. The van der Waals surface area contributed by atoms with Crippen LogP contribution in [-0.2, 0) is 43.0 Å². The lowest BCUT2D eigenvalue weighted by molar-refractivity contribution is -0.177. The van der Waals surface area contributed by atoms with E-state index in [-0.39, 0.29) is 31.1 Å². The number of ether oxygens (including phenoxy) is 2. The minimum absolute atomic E-state index is 0.00838. The molecule has 0 aliphatic rings. The number of carbonyl (C=O) groups excluding carboxylic acids is 3. The van der Waals surface area contributed by atoms with Crippen LogP contribution < -0.4 is 5.32 Å². The van der Waals surface area contributed by atoms with Gasteiger partial charge < -0.3 is 50.5 Å². The van der Waals surface area contributed by atoms with E-state index in [1.54, 1.807) is 20.8 Å². The fraction of sp³-hybridized carbons (Fsp3) is 0.806. The van der Waals surface area contributed by atoms with Gasteiger partial charge in [0, 0.05) is 13.3 Å². The number of nitrogens with one attached hydrogen (secondary N) is 1. The number of aliphatic carboxylic acids is 4. The van der Waals surface area contributed by atoms with Crippen LogP contribution in [0.2, 0.25) is 0 Å². The van der Waals surface area contributed by atoms with Gasteiger partial charge in [0.2, 0.25) is 5.91 Å². The molecule has 0 radical (unpaired) electrons. The first kappa shape index (κ1) is 49.2. The average Bonchev–Trinajstić information content (AvgIpc) is 3.02. The monoisotopic (exact) mass is 763 g/mol. The molecule has 17 heteroatoms. The molecule has 17 nitrogen and oxygen atoms in total. The Kier molecular flexibility index (Phi) is 24.1. The Labute approximate surface area is 310 Å². The zero-order valence-electron chi connectivity index (χ0n) is 31.5. The number of carboxylic acid groups (broad SMARTS) is 4. The molecule has 0 saturated heterocycles. The van der Waals surface area contributed by atoms with Gasteiger partial charge in [-0.1, -0.05) is 46.5 Å². The van der Waals surface area contributed by atoms with Gasteiger partial charge in [-0.2, -0.15) is 0 Å². The molecule has 306 valence electrons. The van der Waals surface area contributed by atoms with Gasteiger partial charge in [0.15, 0.2) is 0 Å². The largest absolute Gasteiger partial charge is 0.481 e. The van der Waals surface area contributed by atoms with Gasteiger partial charge in [0.25, 0.3) is 0 Å². The van der Waals surface area contributed by atoms with Crippen molar-refractivity contribution in [1.82, 2.24) is 5.32 Å². The van der Waals surface area contributed by atoms with Crippen LogP contribution in [0.3, 0.4) is 0 Å². The summed E-state index contributed by atoms with van der Waals surface area (Å²) >= 11 is 0. The quantitative estimate of drug-likeness (QED) is 0.0385. The summed E-state index contributed by atoms with van der Waals surface area (Å²) in [5, 5.41) is 71.0. The van der Waals surface area contributed by atoms with Gasteiger partial charge in [0.05, 0.1) is 61.9 Å². The topological polar surface area (TPSA) is 292 Å². The van der Waals surface area contributed by atoms with Crippen LogP contribution in [0.4, 0.5) is 0 Å². The summed E-state index contributed by atoms with van der Waals surface area (Å²) in [6.45, 7) is 8.35. The van der Waals surface area contributed by atoms with E-state index in [1.807, 2.05) is 6.92 Å². The molecule has 0 unspecified atom stereocenters. The summed E-state index contributed by atoms with van der Waals surface area (Å²) < 4.78 is 11.4. The first-order valence-corrected chi connectivity index (χ1v) is 18.3. The number of hydrogen-bond acceptors (Lipinski definition) is 12. The van der Waals surface area contributed by atoms with E-state index in [2.05, 4.69) is 5.32 Å². The van der Waals surface area contributed by atoms with Crippen LogP contribution >= 0.6 is 0 Å². The van der Waals surface area contributed by atoms with E-state index in [0.29, 0.717) is 38.5 Å². The fourth-order valence-electron chi connectivity index (χ4n) is 6.09. The molecule has 8 N–H and O–H groups in total. The van der Waals surface area contributed by atoms with Gasteiger partial charge in [-0.05, 0) is 50.9 Å². The Morgan fingerprint density at radius 3 is 1.53 bits per heavy atom. The summed E-state index contributed by atoms with van der Waals surface area (Å²) in [6, 6.07) is -0.534. The number of amides is 1. The third-order valence-electron chi connectivity index (χ3n) is 9.01. The predicted octanol–water partition coefficient (Wildman–Crippen LogP) is 2.74. The molecule has 0 aromatic heterocycles. The number of carboxylic acids is 4. The summed E-state index contributed by atoms with van der Waals surface area (Å²) in [7, 11) is 0. The summed E-state index contributed by atoms with van der Waals surface area (Å²) in [5.74, 6) is -12.4. The number of unbranched alkanes of at least 4 members (excludes halogenated alkanes) is 2. The molecule has 0 aromatic carbocycles. The highest BCUT2D eigenvalue weighted by molar-refractivity contribution is 5.84. The lowest BCUT2D eigenvalue weighted by Gasteiger charge is -2.33. The van der Waals surface area contributed by atoms with Gasteiger partial charge >= 0.3 is 35.8 Å². The Hall–Kier alpha value is -3.83. The Bertz CT molecular complexity index is 1180. The van der Waals surface area contributed by atoms with Gasteiger partial charge in [-0.3, -0.25) is 33.6 Å². The van der Waals surface area contributed by atoms with Crippen molar-refractivity contribution in [2.24, 2.45) is 23.7 Å². The molecule has 0 spiro atoms. The highest BCUT2D eigenvalue weighted by Gasteiger charge is 2.37. The van der Waals surface area contributed by atoms with Gasteiger partial charge in [-0.25, -0.2) is 0 Å². The molecule has 0 aliphatic carbocycles. The van der Waals surface area contributed by atoms with Gasteiger partial charge in [0.1, 0.15) is 12.2 Å². The van der Waals surface area contributed by atoms with E-state index in [4.69, 9.17) is 19.7 Å². The van der Waals surface area contributed by atoms with Crippen LogP contribution in [0.15, 0.2) is 0 Å². The standard InChI is InChI=1S/C36H61NO16/c1-6-7-10-21(3)34(53-33(47)18-25(36(50)51)16-31(44)45)29(52-32(46)17-24(35(48)49)15-30(42)43)14-20(2)13-26(39)11-8-9-12-27(40)19-28(41)22(4)37-23(5)38/h20-22,24-29,34,39-41H,6-19H2,1-5H3,(H,37,38)(H,42,43)(H,44,45)(H,48,49)(H,50,51)/t20-,21+,22-,24+,25+,26+,27+,28-,29-,34+/m0/s1. The van der Waals surface area contributed by atoms with Crippen molar-refractivity contribution < 1.29 is 78.8 Å². The van der Waals surface area contributed by atoms with Crippen LogP contribution in [0.1, 0.15) is 125 Å². The molecule has 0 aliphatic heterocycles. The third kappa shape index (κ3) is 22.8. The molecule has 0 bridgehead atoms. The first-order valence-electron chi connectivity index (χ1n) is 18.3. The Balaban J connectivity index is 5.90. The van der Waals surface area contributed by atoms with Crippen molar-refractivity contribution in [1.29, 1.82) is 0 Å². The maximum absolute atomic E-state index is 13.1. The molecular weight excluding hydrogens is 702 g/mol. The normalized spacial score (nSPS) is 17.1. The maximum Gasteiger partial charge on any atom is 0.307 e. The van der Waals surface area contributed by atoms with E-state index < -0.39 is 116 Å². The zero-order valence-corrected chi connectivity index (χ0v) is 31.5. The second-order valence-corrected chi connectivity index (χ2v) is 14.2. The molecule has 0 heterocycles. The molecule has 0 saturated carbocycles. The van der Waals surface area contributed by atoms with Crippen LogP contribution in [0.25, 0.3) is 0 Å². The van der Waals surface area contributed by atoms with E-state index in [9.17, 15) is 59.1 Å². The highest BCUT2D eigenvalue weighted by atomic mass is 16.6. The SMILES string of the molecule is CCCC[C@@H](C)[C@@H](OC(=O)C[C@@H](CC(=O)O)C(=O)O)[C@H](C[C@@H](C)C[C@H](O)CCCC[C@@H](O)C[C@H](O)[C@H](C)NC(C)=O)OC(=O)C[C@@H](CC(=O)O)C(=O)O. The molecule has 1 amide bonds. The lowest BCUT2D eigenvalue weighted by atomic mass is 9.87. The number of aliphatic hydroxyl groups is 3. The summed E-state index contributed by atoms with van der Waals surface area (Å²) in [4.78, 5) is 83.0. The van der Waals surface area contributed by atoms with Crippen LogP contribution in [-0.4, -0.2) is 114 Å². The minimum atomic E-state index is -1.60. The first-order chi connectivity index (χ1) is 24.7. The molecular formula is C36H61NO16. The summed E-state index contributed by atoms with van der Waals surface area (Å²) in [5.41, 5.74) is 0. The van der Waals surface area contributed by atoms with E-state index in [1.165, 1.54) is 6.92 Å². The van der Waals surface area contributed by atoms with E-state index >= 15 is 0 Å². The summed E-state index contributed by atoms with van der Waals surface area (Å²) in [6.07, 6.45) is -4.36. The van der Waals surface area contributed by atoms with Crippen molar-refractivity contribution in [3.63, 3.8) is 0 Å². The maximum atomic E-state index is 13.1. The molecule has 0 aromatic rings. The number of rotatable bonds is 30. The van der Waals surface area contributed by atoms with Crippen molar-refractivity contribution in [3.05, 3.63) is 0 Å². The van der Waals surface area contributed by atoms with Crippen molar-refractivity contribution in [2.75, 3.05) is 0 Å². The van der Waals surface area contributed by atoms with E-state index in [0.717, 1.165) is 6.42 Å². The van der Waals surface area contributed by atoms with Crippen molar-refractivity contribution >= 4 is 41.7 Å². The Morgan fingerprint density at radius 1 is 0.623 bits per heavy atom. The van der Waals surface area contributed by atoms with Gasteiger partial charge in [-0.15, -0.1) is 0 Å². The minimum Gasteiger partial charge on any atom is -0.481 e. The fourth-order valence-corrected chi connectivity index (χ4v) is 6.09. The number of aliphatic hydroxyl groups excluding tert-OH is 3. The number of hydrogen-bond donors (Lipinski definition) is 8.